The molecule has 0 spiro atoms. The molecule has 1 fully saturated rings. The van der Waals surface area contributed by atoms with Gasteiger partial charge in [-0.15, -0.1) is 0 Å². The fourth-order valence-electron chi connectivity index (χ4n) is 4.02. The Balaban J connectivity index is 1.63. The number of aliphatic imine (C=N–C) groups is 1. The summed E-state index contributed by atoms with van der Waals surface area (Å²) < 4.78 is 11.0. The van der Waals surface area contributed by atoms with Gasteiger partial charge in [-0.3, -0.25) is 15.8 Å². The third-order valence-corrected chi connectivity index (χ3v) is 5.99. The number of non-ortho nitro benzene ring substituents is 1. The molecule has 0 aromatic heterocycles. The van der Waals surface area contributed by atoms with Crippen molar-refractivity contribution in [3.05, 3.63) is 64.4 Å². The minimum absolute atomic E-state index is 0.0737. The minimum Gasteiger partial charge on any atom is -0.496 e. The lowest BCUT2D eigenvalue weighted by molar-refractivity contribution is -0.384. The number of hydrogen-bond donors (Lipinski definition) is 3. The van der Waals surface area contributed by atoms with Gasteiger partial charge in [-0.25, -0.2) is 4.99 Å². The van der Waals surface area contributed by atoms with Crippen molar-refractivity contribution >= 4 is 23.0 Å². The van der Waals surface area contributed by atoms with Gasteiger partial charge in [0, 0.05) is 61.8 Å². The van der Waals surface area contributed by atoms with E-state index >= 15 is 0 Å². The lowest BCUT2D eigenvalue weighted by atomic mass is 9.98. The van der Waals surface area contributed by atoms with Gasteiger partial charge in [0.05, 0.1) is 24.8 Å². The van der Waals surface area contributed by atoms with E-state index in [9.17, 15) is 10.1 Å². The Bertz CT molecular complexity index is 1130. The standard InChI is InChI=1S/C23H29N7O4/c1-28-10-12-29(13-11-28)16-4-6-18(21(15-16)34-3)23(24)8-9-25-22(27-23)26-19-14-17(30(31)32)5-7-20(19)33-2/h4-9,14-15H,10-13,24H2,1-3H3,(H2,25,26,27). The first kappa shape index (κ1) is 23.3. The molecule has 11 nitrogen and oxygen atoms in total. The molecule has 0 amide bonds. The molecule has 1 atom stereocenters. The number of likely N-dealkylation sites (N-methyl/N-ethyl adjacent to an activating group) is 1. The van der Waals surface area contributed by atoms with Gasteiger partial charge in [-0.05, 0) is 31.3 Å². The van der Waals surface area contributed by atoms with Crippen LogP contribution in [0.15, 0.2) is 53.7 Å². The molecule has 2 aliphatic rings. The van der Waals surface area contributed by atoms with Gasteiger partial charge < -0.3 is 29.9 Å². The second-order valence-corrected chi connectivity index (χ2v) is 8.21. The monoisotopic (exact) mass is 467 g/mol. The van der Waals surface area contributed by atoms with Crippen molar-refractivity contribution in [3.63, 3.8) is 0 Å². The van der Waals surface area contributed by atoms with Crippen molar-refractivity contribution < 1.29 is 14.4 Å². The lowest BCUT2D eigenvalue weighted by Gasteiger charge is -2.35. The predicted octanol–water partition coefficient (Wildman–Crippen LogP) is 2.06. The molecule has 34 heavy (non-hydrogen) atoms. The molecule has 2 aromatic carbocycles. The summed E-state index contributed by atoms with van der Waals surface area (Å²) in [7, 11) is 5.22. The second kappa shape index (κ2) is 9.57. The highest BCUT2D eigenvalue weighted by Gasteiger charge is 2.31. The van der Waals surface area contributed by atoms with Gasteiger partial charge >= 0.3 is 0 Å². The van der Waals surface area contributed by atoms with E-state index in [1.165, 1.54) is 25.3 Å². The number of anilines is 2. The van der Waals surface area contributed by atoms with Gasteiger partial charge in [-0.2, -0.15) is 0 Å². The van der Waals surface area contributed by atoms with E-state index in [4.69, 9.17) is 15.2 Å². The number of methoxy groups -OCH3 is 2. The number of benzene rings is 2. The van der Waals surface area contributed by atoms with Crippen molar-refractivity contribution in [2.24, 2.45) is 10.7 Å². The van der Waals surface area contributed by atoms with E-state index in [0.29, 0.717) is 28.7 Å². The average molecular weight is 468 g/mol. The van der Waals surface area contributed by atoms with E-state index in [1.54, 1.807) is 19.4 Å². The van der Waals surface area contributed by atoms with Gasteiger partial charge in [0.15, 0.2) is 5.66 Å². The maximum Gasteiger partial charge on any atom is 0.271 e. The molecule has 4 rings (SSSR count). The second-order valence-electron chi connectivity index (χ2n) is 8.21. The Morgan fingerprint density at radius 2 is 1.85 bits per heavy atom. The topological polar surface area (TPSA) is 131 Å². The lowest BCUT2D eigenvalue weighted by Crippen LogP contribution is -2.44. The van der Waals surface area contributed by atoms with Crippen LogP contribution < -0.4 is 30.7 Å². The number of nitro benzene ring substituents is 1. The number of nitro groups is 1. The first-order valence-corrected chi connectivity index (χ1v) is 10.9. The molecule has 2 aliphatic heterocycles. The van der Waals surface area contributed by atoms with Crippen LogP contribution in [0.4, 0.5) is 17.1 Å². The van der Waals surface area contributed by atoms with Crippen LogP contribution in [-0.2, 0) is 5.66 Å². The molecule has 1 saturated heterocycles. The van der Waals surface area contributed by atoms with Crippen LogP contribution in [0.2, 0.25) is 0 Å². The van der Waals surface area contributed by atoms with Gasteiger partial charge in [0.25, 0.3) is 5.69 Å². The van der Waals surface area contributed by atoms with Crippen molar-refractivity contribution in [2.75, 3.05) is 57.7 Å². The van der Waals surface area contributed by atoms with Crippen LogP contribution in [0.5, 0.6) is 11.5 Å². The Morgan fingerprint density at radius 3 is 2.53 bits per heavy atom. The summed E-state index contributed by atoms with van der Waals surface area (Å²) in [6.45, 7) is 3.88. The predicted molar refractivity (Wildman–Crippen MR) is 132 cm³/mol. The highest BCUT2D eigenvalue weighted by Crippen LogP contribution is 2.36. The van der Waals surface area contributed by atoms with Crippen molar-refractivity contribution in [1.82, 2.24) is 10.2 Å². The Labute approximate surface area is 198 Å². The molecular formula is C23H29N7O4. The molecular weight excluding hydrogens is 438 g/mol. The minimum atomic E-state index is -1.21. The smallest absolute Gasteiger partial charge is 0.271 e. The zero-order chi connectivity index (χ0) is 24.3. The average Bonchev–Trinajstić information content (AvgIpc) is 2.84. The maximum absolute atomic E-state index is 11.2. The van der Waals surface area contributed by atoms with Crippen LogP contribution >= 0.6 is 0 Å². The highest BCUT2D eigenvalue weighted by molar-refractivity contribution is 5.97. The molecule has 0 aliphatic carbocycles. The summed E-state index contributed by atoms with van der Waals surface area (Å²) in [4.78, 5) is 20.0. The van der Waals surface area contributed by atoms with E-state index in [-0.39, 0.29) is 5.69 Å². The number of rotatable bonds is 6. The fraction of sp³-hybridized carbons (Fsp3) is 0.348. The van der Waals surface area contributed by atoms with E-state index in [0.717, 1.165) is 31.9 Å². The summed E-state index contributed by atoms with van der Waals surface area (Å²) in [6, 6.07) is 10.2. The van der Waals surface area contributed by atoms with Crippen LogP contribution in [0.3, 0.4) is 0 Å². The maximum atomic E-state index is 11.2. The molecule has 11 heteroatoms. The molecule has 180 valence electrons. The fourth-order valence-corrected chi connectivity index (χ4v) is 4.02. The van der Waals surface area contributed by atoms with Gasteiger partial charge in [0.1, 0.15) is 11.5 Å². The molecule has 0 bridgehead atoms. The molecule has 2 aromatic rings. The van der Waals surface area contributed by atoms with Crippen LogP contribution in [-0.4, -0.2) is 63.2 Å². The zero-order valence-electron chi connectivity index (χ0n) is 19.4. The number of nitrogens with one attached hydrogen (secondary N) is 2. The van der Waals surface area contributed by atoms with Crippen LogP contribution in [0.1, 0.15) is 5.56 Å². The van der Waals surface area contributed by atoms with Crippen LogP contribution in [0, 0.1) is 10.1 Å². The summed E-state index contributed by atoms with van der Waals surface area (Å²) in [5, 5.41) is 17.2. The Kier molecular flexibility index (Phi) is 6.57. The highest BCUT2D eigenvalue weighted by atomic mass is 16.6. The molecule has 4 N–H and O–H groups in total. The van der Waals surface area contributed by atoms with Crippen molar-refractivity contribution in [3.8, 4) is 11.5 Å². The zero-order valence-corrected chi connectivity index (χ0v) is 19.4. The first-order chi connectivity index (χ1) is 16.3. The van der Waals surface area contributed by atoms with E-state index in [2.05, 4.69) is 32.5 Å². The summed E-state index contributed by atoms with van der Waals surface area (Å²) in [6.07, 6.45) is 3.41. The largest absolute Gasteiger partial charge is 0.496 e. The number of ether oxygens (including phenoxy) is 2. The summed E-state index contributed by atoms with van der Waals surface area (Å²) in [5.41, 5.74) is 7.56. The molecule has 2 heterocycles. The van der Waals surface area contributed by atoms with Gasteiger partial charge in [0.2, 0.25) is 5.96 Å². The third-order valence-electron chi connectivity index (χ3n) is 5.99. The quantitative estimate of drug-likeness (QED) is 0.432. The number of nitrogens with two attached hydrogens (primary N) is 1. The third kappa shape index (κ3) is 4.75. The van der Waals surface area contributed by atoms with Crippen molar-refractivity contribution in [1.29, 1.82) is 0 Å². The van der Waals surface area contributed by atoms with Crippen molar-refractivity contribution in [2.45, 2.75) is 5.66 Å². The first-order valence-electron chi connectivity index (χ1n) is 10.9. The number of piperazine rings is 1. The van der Waals surface area contributed by atoms with E-state index in [1.807, 2.05) is 18.2 Å². The molecule has 0 saturated carbocycles. The number of hydrogen-bond acceptors (Lipinski definition) is 10. The normalized spacial score (nSPS) is 20.4. The number of nitrogens with zero attached hydrogens (tertiary/aromatic N) is 4. The summed E-state index contributed by atoms with van der Waals surface area (Å²) >= 11 is 0. The molecule has 0 radical (unpaired) electrons. The summed E-state index contributed by atoms with van der Waals surface area (Å²) in [5.74, 6) is 1.37. The molecule has 1 unspecified atom stereocenters. The SMILES string of the molecule is COc1ccc([N+](=O)[O-])cc1NC1=NC(N)(c2ccc(N3CCN(C)CC3)cc2OC)C=CN1. The van der Waals surface area contributed by atoms with Gasteiger partial charge in [-0.1, -0.05) is 0 Å². The van der Waals surface area contributed by atoms with Crippen LogP contribution in [0.25, 0.3) is 0 Å². The number of guanidine groups is 1. The Hall–Kier alpha value is -3.83. The Morgan fingerprint density at radius 1 is 1.12 bits per heavy atom. The van der Waals surface area contributed by atoms with E-state index < -0.39 is 10.6 Å².